The van der Waals surface area contributed by atoms with Crippen LogP contribution < -0.4 is 0 Å². The zero-order valence-corrected chi connectivity index (χ0v) is 10.1. The van der Waals surface area contributed by atoms with Gasteiger partial charge in [-0.3, -0.25) is 0 Å². The molecule has 0 radical (unpaired) electrons. The summed E-state index contributed by atoms with van der Waals surface area (Å²) in [6, 6.07) is 0. The van der Waals surface area contributed by atoms with Gasteiger partial charge in [-0.15, -0.1) is 0 Å². The first-order valence-corrected chi connectivity index (χ1v) is 11.8. The summed E-state index contributed by atoms with van der Waals surface area (Å²) in [7, 11) is 2.28. The Morgan fingerprint density at radius 3 is 1.12 bits per heavy atom. The summed E-state index contributed by atoms with van der Waals surface area (Å²) in [6.45, 7) is 0. The minimum absolute atomic E-state index is 0.483. The van der Waals surface area contributed by atoms with Crippen LogP contribution in [0.4, 0.5) is 0 Å². The van der Waals surface area contributed by atoms with Gasteiger partial charge in [0.15, 0.2) is 0 Å². The summed E-state index contributed by atoms with van der Waals surface area (Å²) in [4.78, 5) is 0. The van der Waals surface area contributed by atoms with Crippen molar-refractivity contribution in [3.05, 3.63) is 0 Å². The molecule has 0 aliphatic rings. The molecule has 0 rings (SSSR count). The second kappa shape index (κ2) is 3.98. The fourth-order valence-corrected chi connectivity index (χ4v) is 9.66. The fourth-order valence-electron chi connectivity index (χ4n) is 0.358. The van der Waals surface area contributed by atoms with Gasteiger partial charge in [0, 0.05) is 0 Å². The standard InChI is InChI=1S/C5H15As2N/c1-6(2)8(5)7(3)4/h1-5H3. The van der Waals surface area contributed by atoms with Crippen molar-refractivity contribution in [2.24, 2.45) is 0 Å². The Bertz CT molecular complexity index is 55.4. The summed E-state index contributed by atoms with van der Waals surface area (Å²) in [5.41, 5.74) is 9.56. The topological polar surface area (TPSA) is 3.24 Å². The van der Waals surface area contributed by atoms with E-state index < -0.39 is 29.8 Å². The molecular weight excluding hydrogens is 224 g/mol. The molecule has 3 heteroatoms. The molecule has 0 atom stereocenters. The van der Waals surface area contributed by atoms with Crippen molar-refractivity contribution in [2.75, 3.05) is 7.05 Å². The van der Waals surface area contributed by atoms with Crippen molar-refractivity contribution >= 4 is 29.8 Å². The summed E-state index contributed by atoms with van der Waals surface area (Å²) in [5.74, 6) is 0. The van der Waals surface area contributed by atoms with E-state index in [-0.39, 0.29) is 0 Å². The third-order valence-electron chi connectivity index (χ3n) is 1.16. The van der Waals surface area contributed by atoms with Crippen LogP contribution in [0.3, 0.4) is 0 Å². The molecule has 0 aromatic rings. The minimum atomic E-state index is -0.483. The second-order valence-electron chi connectivity index (χ2n) is 2.18. The maximum absolute atomic E-state index is 2.62. The maximum atomic E-state index is 2.62. The Labute approximate surface area is 62.4 Å². The molecule has 0 aromatic heterocycles. The van der Waals surface area contributed by atoms with E-state index in [9.17, 15) is 0 Å². The van der Waals surface area contributed by atoms with Crippen LogP contribution in [0.25, 0.3) is 0 Å². The van der Waals surface area contributed by atoms with Gasteiger partial charge in [-0.1, -0.05) is 0 Å². The molecule has 50 valence electrons. The van der Waals surface area contributed by atoms with E-state index in [1.165, 1.54) is 0 Å². The van der Waals surface area contributed by atoms with E-state index in [0.717, 1.165) is 0 Å². The second-order valence-corrected chi connectivity index (χ2v) is 13.3. The van der Waals surface area contributed by atoms with Crippen molar-refractivity contribution in [1.29, 1.82) is 0 Å². The van der Waals surface area contributed by atoms with E-state index in [4.69, 9.17) is 0 Å². The van der Waals surface area contributed by atoms with Crippen LogP contribution in [0.5, 0.6) is 0 Å². The van der Waals surface area contributed by atoms with Gasteiger partial charge in [-0.2, -0.15) is 0 Å². The Morgan fingerprint density at radius 1 is 0.875 bits per heavy atom. The molecule has 0 fully saturated rings. The number of hydrogen-bond donors (Lipinski definition) is 0. The molecule has 0 amide bonds. The van der Waals surface area contributed by atoms with Gasteiger partial charge in [-0.25, -0.2) is 0 Å². The van der Waals surface area contributed by atoms with Crippen molar-refractivity contribution in [3.8, 4) is 0 Å². The predicted molar refractivity (Wildman–Crippen MR) is 42.7 cm³/mol. The van der Waals surface area contributed by atoms with Crippen molar-refractivity contribution < 1.29 is 0 Å². The first kappa shape index (κ1) is 9.08. The first-order chi connectivity index (χ1) is 3.55. The molecule has 0 aliphatic carbocycles. The van der Waals surface area contributed by atoms with Gasteiger partial charge in [-0.05, 0) is 0 Å². The van der Waals surface area contributed by atoms with Gasteiger partial charge in [0.2, 0.25) is 0 Å². The molecule has 1 nitrogen and oxygen atoms in total. The van der Waals surface area contributed by atoms with E-state index >= 15 is 0 Å². The Balaban J connectivity index is 3.46. The van der Waals surface area contributed by atoms with E-state index in [1.807, 2.05) is 0 Å². The third-order valence-corrected chi connectivity index (χ3v) is 13.8. The normalized spacial score (nSPS) is 12.0. The van der Waals surface area contributed by atoms with Crippen LogP contribution in [0.1, 0.15) is 0 Å². The van der Waals surface area contributed by atoms with Gasteiger partial charge in [0.1, 0.15) is 0 Å². The predicted octanol–water partition coefficient (Wildman–Crippen LogP) is 1.42. The Hall–Kier alpha value is 1.08. The monoisotopic (exact) mass is 239 g/mol. The van der Waals surface area contributed by atoms with Crippen LogP contribution in [0.15, 0.2) is 0 Å². The summed E-state index contributed by atoms with van der Waals surface area (Å²) in [5, 5.41) is 0. The molecule has 8 heavy (non-hydrogen) atoms. The summed E-state index contributed by atoms with van der Waals surface area (Å²) < 4.78 is 2.62. The molecule has 0 saturated carbocycles. The van der Waals surface area contributed by atoms with E-state index in [0.29, 0.717) is 0 Å². The molecule has 0 aromatic carbocycles. The molecule has 0 bridgehead atoms. The van der Waals surface area contributed by atoms with Crippen LogP contribution in [0, 0.1) is 0 Å². The average Bonchev–Trinajstić information content (AvgIpc) is 1.64. The molecule has 0 spiro atoms. The van der Waals surface area contributed by atoms with E-state index in [2.05, 4.69) is 32.6 Å². The van der Waals surface area contributed by atoms with E-state index in [1.54, 1.807) is 0 Å². The molecule has 0 N–H and O–H groups in total. The van der Waals surface area contributed by atoms with Crippen LogP contribution in [-0.4, -0.2) is 39.5 Å². The SMILES string of the molecule is CN([As](C)C)[As](C)C. The van der Waals surface area contributed by atoms with Crippen molar-refractivity contribution in [3.63, 3.8) is 0 Å². The first-order valence-electron chi connectivity index (χ1n) is 2.64. The van der Waals surface area contributed by atoms with Crippen molar-refractivity contribution in [1.82, 2.24) is 2.73 Å². The van der Waals surface area contributed by atoms with Gasteiger partial charge in [0.05, 0.1) is 0 Å². The molecule has 0 heterocycles. The fraction of sp³-hybridized carbons (Fsp3) is 1.00. The van der Waals surface area contributed by atoms with Crippen molar-refractivity contribution in [2.45, 2.75) is 22.8 Å². The molecule has 0 unspecified atom stereocenters. The molecular formula is C5H15As2N. The van der Waals surface area contributed by atoms with Gasteiger partial charge < -0.3 is 0 Å². The van der Waals surface area contributed by atoms with Crippen LogP contribution in [0.2, 0.25) is 22.8 Å². The molecule has 0 aliphatic heterocycles. The number of hydrogen-bond acceptors (Lipinski definition) is 1. The number of rotatable bonds is 2. The quantitative estimate of drug-likeness (QED) is 0.658. The van der Waals surface area contributed by atoms with Gasteiger partial charge >= 0.3 is 62.4 Å². The van der Waals surface area contributed by atoms with Crippen LogP contribution >= 0.6 is 0 Å². The van der Waals surface area contributed by atoms with Crippen LogP contribution in [-0.2, 0) is 0 Å². The van der Waals surface area contributed by atoms with Gasteiger partial charge in [0.25, 0.3) is 0 Å². The summed E-state index contributed by atoms with van der Waals surface area (Å²) >= 11 is -0.965. The molecule has 0 saturated heterocycles. The Morgan fingerprint density at radius 2 is 1.12 bits per heavy atom. The third kappa shape index (κ3) is 3.17. The number of nitrogens with zero attached hydrogens (tertiary/aromatic N) is 1. The zero-order valence-electron chi connectivity index (χ0n) is 6.34. The zero-order chi connectivity index (χ0) is 6.73. The Kier molecular flexibility index (Phi) is 4.52. The average molecular weight is 239 g/mol. The summed E-state index contributed by atoms with van der Waals surface area (Å²) in [6.07, 6.45) is 0.